The van der Waals surface area contributed by atoms with Crippen LogP contribution < -0.4 is 5.32 Å². The van der Waals surface area contributed by atoms with Crippen molar-refractivity contribution in [2.24, 2.45) is 5.92 Å². The highest BCUT2D eigenvalue weighted by molar-refractivity contribution is 5.33. The van der Waals surface area contributed by atoms with Gasteiger partial charge in [0.2, 0.25) is 0 Å². The molecule has 0 aromatic carbocycles. The molecule has 0 amide bonds. The molecule has 1 fully saturated rings. The Labute approximate surface area is 93.9 Å². The summed E-state index contributed by atoms with van der Waals surface area (Å²) in [5.74, 6) is 1.85. The first-order chi connectivity index (χ1) is 7.93. The van der Waals surface area contributed by atoms with Crippen molar-refractivity contribution < 1.29 is 0 Å². The van der Waals surface area contributed by atoms with Gasteiger partial charge >= 0.3 is 0 Å². The summed E-state index contributed by atoms with van der Waals surface area (Å²) in [6.07, 6.45) is 8.92. The third kappa shape index (κ3) is 1.78. The first-order valence-corrected chi connectivity index (χ1v) is 5.78. The van der Waals surface area contributed by atoms with Gasteiger partial charge in [-0.1, -0.05) is 0 Å². The average molecular weight is 217 g/mol. The lowest BCUT2D eigenvalue weighted by Crippen LogP contribution is -2.10. The molecule has 0 spiro atoms. The molecule has 3 rings (SSSR count). The SMILES string of the molecule is c1cn2c(CCC3CCNC3)nnc2cn1. The lowest BCUT2D eigenvalue weighted by atomic mass is 10.0. The molecule has 5 nitrogen and oxygen atoms in total. The van der Waals surface area contributed by atoms with Crippen LogP contribution in [0.2, 0.25) is 0 Å². The van der Waals surface area contributed by atoms with Crippen molar-refractivity contribution in [3.8, 4) is 0 Å². The molecule has 1 atom stereocenters. The Balaban J connectivity index is 1.73. The standard InChI is InChI=1S/C11H15N5/c1(9-3-4-12-7-9)2-10-14-15-11-8-13-5-6-16(10)11/h5-6,8-9,12H,1-4,7H2. The van der Waals surface area contributed by atoms with Gasteiger partial charge in [0.1, 0.15) is 5.82 Å². The Bertz CT molecular complexity index is 472. The smallest absolute Gasteiger partial charge is 0.179 e. The lowest BCUT2D eigenvalue weighted by molar-refractivity contribution is 0.523. The fourth-order valence-corrected chi connectivity index (χ4v) is 2.27. The maximum absolute atomic E-state index is 4.21. The van der Waals surface area contributed by atoms with Gasteiger partial charge in [-0.3, -0.25) is 9.38 Å². The van der Waals surface area contributed by atoms with E-state index in [4.69, 9.17) is 0 Å². The number of aromatic nitrogens is 4. The molecule has 1 saturated heterocycles. The molecule has 2 aromatic rings. The zero-order valence-corrected chi connectivity index (χ0v) is 9.13. The number of rotatable bonds is 3. The van der Waals surface area contributed by atoms with Crippen molar-refractivity contribution in [1.82, 2.24) is 24.9 Å². The average Bonchev–Trinajstić information content (AvgIpc) is 2.96. The Morgan fingerprint density at radius 1 is 1.44 bits per heavy atom. The van der Waals surface area contributed by atoms with E-state index in [9.17, 15) is 0 Å². The molecular weight excluding hydrogens is 202 g/mol. The summed E-state index contributed by atoms with van der Waals surface area (Å²) in [6, 6.07) is 0. The molecule has 16 heavy (non-hydrogen) atoms. The summed E-state index contributed by atoms with van der Waals surface area (Å²) >= 11 is 0. The minimum absolute atomic E-state index is 0.800. The fraction of sp³-hybridized carbons (Fsp3) is 0.545. The van der Waals surface area contributed by atoms with Gasteiger partial charge < -0.3 is 5.32 Å². The first-order valence-electron chi connectivity index (χ1n) is 5.78. The molecule has 84 valence electrons. The van der Waals surface area contributed by atoms with Crippen LogP contribution in [0.1, 0.15) is 18.7 Å². The monoisotopic (exact) mass is 217 g/mol. The van der Waals surface area contributed by atoms with Crippen molar-refractivity contribution in [3.63, 3.8) is 0 Å². The molecule has 5 heteroatoms. The molecule has 2 aromatic heterocycles. The van der Waals surface area contributed by atoms with Crippen LogP contribution in [0, 0.1) is 5.92 Å². The minimum atomic E-state index is 0.800. The molecule has 0 saturated carbocycles. The summed E-state index contributed by atoms with van der Waals surface area (Å²) in [7, 11) is 0. The summed E-state index contributed by atoms with van der Waals surface area (Å²) in [4.78, 5) is 4.03. The maximum Gasteiger partial charge on any atom is 0.179 e. The molecule has 1 N–H and O–H groups in total. The van der Waals surface area contributed by atoms with E-state index in [0.29, 0.717) is 0 Å². The van der Waals surface area contributed by atoms with Crippen LogP contribution in [-0.2, 0) is 6.42 Å². The zero-order chi connectivity index (χ0) is 10.8. The number of aryl methyl sites for hydroxylation is 1. The van der Waals surface area contributed by atoms with Gasteiger partial charge in [0, 0.05) is 18.8 Å². The fourth-order valence-electron chi connectivity index (χ4n) is 2.27. The number of hydrogen-bond donors (Lipinski definition) is 1. The Kier molecular flexibility index (Phi) is 2.53. The highest BCUT2D eigenvalue weighted by Gasteiger charge is 2.15. The Morgan fingerprint density at radius 2 is 2.44 bits per heavy atom. The van der Waals surface area contributed by atoms with Crippen LogP contribution in [0.4, 0.5) is 0 Å². The quantitative estimate of drug-likeness (QED) is 0.821. The summed E-state index contributed by atoms with van der Waals surface area (Å²) in [5, 5.41) is 11.7. The van der Waals surface area contributed by atoms with Gasteiger partial charge in [0.15, 0.2) is 5.65 Å². The first kappa shape index (κ1) is 9.72. The van der Waals surface area contributed by atoms with Crippen molar-refractivity contribution in [2.75, 3.05) is 13.1 Å². The molecule has 3 heterocycles. The van der Waals surface area contributed by atoms with Gasteiger partial charge in [0.05, 0.1) is 6.20 Å². The molecule has 0 radical (unpaired) electrons. The van der Waals surface area contributed by atoms with Crippen molar-refractivity contribution in [3.05, 3.63) is 24.4 Å². The van der Waals surface area contributed by atoms with Gasteiger partial charge in [-0.25, -0.2) is 0 Å². The third-order valence-corrected chi connectivity index (χ3v) is 3.22. The lowest BCUT2D eigenvalue weighted by Gasteiger charge is -2.06. The molecule has 0 aliphatic carbocycles. The largest absolute Gasteiger partial charge is 0.316 e. The predicted octanol–water partition coefficient (Wildman–Crippen LogP) is 0.666. The van der Waals surface area contributed by atoms with E-state index in [2.05, 4.69) is 20.5 Å². The van der Waals surface area contributed by atoms with Gasteiger partial charge in [-0.05, 0) is 31.8 Å². The van der Waals surface area contributed by atoms with Crippen molar-refractivity contribution in [1.29, 1.82) is 0 Å². The summed E-state index contributed by atoms with van der Waals surface area (Å²) in [5.41, 5.74) is 0.835. The molecule has 1 unspecified atom stereocenters. The van der Waals surface area contributed by atoms with Crippen LogP contribution in [0.25, 0.3) is 5.65 Å². The second-order valence-corrected chi connectivity index (χ2v) is 4.32. The van der Waals surface area contributed by atoms with Crippen molar-refractivity contribution >= 4 is 5.65 Å². The van der Waals surface area contributed by atoms with E-state index < -0.39 is 0 Å². The van der Waals surface area contributed by atoms with E-state index >= 15 is 0 Å². The van der Waals surface area contributed by atoms with Crippen LogP contribution in [0.5, 0.6) is 0 Å². The summed E-state index contributed by atoms with van der Waals surface area (Å²) < 4.78 is 2.02. The minimum Gasteiger partial charge on any atom is -0.316 e. The number of nitrogens with one attached hydrogen (secondary N) is 1. The number of fused-ring (bicyclic) bond motifs is 1. The molecule has 1 aliphatic heterocycles. The van der Waals surface area contributed by atoms with Crippen LogP contribution in [-0.4, -0.2) is 32.7 Å². The predicted molar refractivity (Wildman–Crippen MR) is 60.1 cm³/mol. The molecule has 0 bridgehead atoms. The Morgan fingerprint density at radius 3 is 3.31 bits per heavy atom. The van der Waals surface area contributed by atoms with Gasteiger partial charge in [-0.15, -0.1) is 10.2 Å². The normalized spacial score (nSPS) is 20.6. The Hall–Kier alpha value is -1.49. The van der Waals surface area contributed by atoms with E-state index in [-0.39, 0.29) is 0 Å². The maximum atomic E-state index is 4.21. The van der Waals surface area contributed by atoms with Crippen LogP contribution in [0.15, 0.2) is 18.6 Å². The van der Waals surface area contributed by atoms with Crippen LogP contribution in [0.3, 0.4) is 0 Å². The van der Waals surface area contributed by atoms with Gasteiger partial charge in [0.25, 0.3) is 0 Å². The third-order valence-electron chi connectivity index (χ3n) is 3.22. The summed E-state index contributed by atoms with van der Waals surface area (Å²) in [6.45, 7) is 2.31. The highest BCUT2D eigenvalue weighted by atomic mass is 15.2. The van der Waals surface area contributed by atoms with E-state index in [1.807, 2.05) is 10.6 Å². The van der Waals surface area contributed by atoms with Gasteiger partial charge in [-0.2, -0.15) is 0 Å². The van der Waals surface area contributed by atoms with E-state index in [0.717, 1.165) is 36.9 Å². The number of hydrogen-bond acceptors (Lipinski definition) is 4. The second kappa shape index (κ2) is 4.17. The number of nitrogens with zero attached hydrogens (tertiary/aromatic N) is 4. The molecule has 1 aliphatic rings. The van der Waals surface area contributed by atoms with E-state index in [1.165, 1.54) is 12.8 Å². The molecular formula is C11H15N5. The zero-order valence-electron chi connectivity index (χ0n) is 9.13. The van der Waals surface area contributed by atoms with E-state index in [1.54, 1.807) is 12.4 Å². The van der Waals surface area contributed by atoms with Crippen LogP contribution >= 0.6 is 0 Å². The van der Waals surface area contributed by atoms with Crippen molar-refractivity contribution in [2.45, 2.75) is 19.3 Å². The topological polar surface area (TPSA) is 55.1 Å². The second-order valence-electron chi connectivity index (χ2n) is 4.32. The highest BCUT2D eigenvalue weighted by Crippen LogP contribution is 2.15.